The third kappa shape index (κ3) is 4.82. The maximum Gasteiger partial charge on any atom is 0.306 e. The molecular weight excluding hydrogens is 418 g/mol. The molecule has 1 atom stereocenters. The lowest BCUT2D eigenvalue weighted by atomic mass is 10.2. The third-order valence-corrected chi connectivity index (χ3v) is 6.03. The number of aryl methyl sites for hydroxylation is 2. The molecule has 7 nitrogen and oxygen atoms in total. The summed E-state index contributed by atoms with van der Waals surface area (Å²) in [5.41, 5.74) is 3.69. The number of esters is 1. The summed E-state index contributed by atoms with van der Waals surface area (Å²) in [6, 6.07) is 15.3. The predicted octanol–water partition coefficient (Wildman–Crippen LogP) is 3.65. The quantitative estimate of drug-likeness (QED) is 0.493. The van der Waals surface area contributed by atoms with Gasteiger partial charge in [0.15, 0.2) is 6.10 Å². The summed E-state index contributed by atoms with van der Waals surface area (Å²) in [4.78, 5) is 44.5. The number of amides is 1. The lowest BCUT2D eigenvalue weighted by Gasteiger charge is -2.21. The average Bonchev–Trinajstić information content (AvgIpc) is 3.26. The monoisotopic (exact) mass is 447 g/mol. The molecule has 2 aromatic carbocycles. The number of benzene rings is 2. The number of aromatic nitrogens is 2. The van der Waals surface area contributed by atoms with Crippen LogP contribution in [0.15, 0.2) is 53.3 Å². The summed E-state index contributed by atoms with van der Waals surface area (Å²) in [7, 11) is 0. The highest BCUT2D eigenvalue weighted by Gasteiger charge is 2.29. The van der Waals surface area contributed by atoms with Crippen molar-refractivity contribution in [1.29, 1.82) is 0 Å². The van der Waals surface area contributed by atoms with Crippen molar-refractivity contribution in [2.45, 2.75) is 58.6 Å². The molecule has 1 aliphatic heterocycles. The average molecular weight is 448 g/mol. The number of fused-ring (bicyclic) bond motifs is 2. The first-order chi connectivity index (χ1) is 16.0. The number of hydrogen-bond acceptors (Lipinski definition) is 5. The van der Waals surface area contributed by atoms with Crippen molar-refractivity contribution in [3.05, 3.63) is 70.1 Å². The zero-order valence-electron chi connectivity index (χ0n) is 19.1. The summed E-state index contributed by atoms with van der Waals surface area (Å²) >= 11 is 0. The summed E-state index contributed by atoms with van der Waals surface area (Å²) in [6.45, 7) is 4.86. The fraction of sp³-hybridized carbons (Fsp3) is 0.385. The number of unbranched alkanes of at least 4 members (excludes halogenated alkanes) is 1. The molecule has 2 heterocycles. The molecule has 172 valence electrons. The normalized spacial score (nSPS) is 13.7. The van der Waals surface area contributed by atoms with Gasteiger partial charge in [0.2, 0.25) is 0 Å². The van der Waals surface area contributed by atoms with E-state index in [1.54, 1.807) is 16.4 Å². The molecule has 0 unspecified atom stereocenters. The van der Waals surface area contributed by atoms with E-state index >= 15 is 0 Å². The van der Waals surface area contributed by atoms with Gasteiger partial charge in [0, 0.05) is 25.2 Å². The zero-order chi connectivity index (χ0) is 23.4. The summed E-state index contributed by atoms with van der Waals surface area (Å²) in [5.74, 6) is -0.753. The van der Waals surface area contributed by atoms with Crippen molar-refractivity contribution < 1.29 is 14.3 Å². The molecule has 4 rings (SSSR count). The van der Waals surface area contributed by atoms with Crippen LogP contribution in [0.4, 0.5) is 5.69 Å². The Morgan fingerprint density at radius 2 is 1.88 bits per heavy atom. The SMILES string of the molecule is CCCCn1c(=O)c(CCC(=O)O[C@H](C)C(=O)N2CCc3ccccc32)nc2ccccc21. The molecule has 1 amide bonds. The van der Waals surface area contributed by atoms with Crippen molar-refractivity contribution in [3.63, 3.8) is 0 Å². The molecule has 0 aliphatic carbocycles. The van der Waals surface area contributed by atoms with Crippen LogP contribution in [-0.4, -0.2) is 34.1 Å². The van der Waals surface area contributed by atoms with Crippen LogP contribution in [0, 0.1) is 0 Å². The van der Waals surface area contributed by atoms with Gasteiger partial charge < -0.3 is 14.2 Å². The fourth-order valence-corrected chi connectivity index (χ4v) is 4.26. The number of anilines is 1. The first kappa shape index (κ1) is 22.7. The Morgan fingerprint density at radius 3 is 2.70 bits per heavy atom. The van der Waals surface area contributed by atoms with Gasteiger partial charge in [-0.25, -0.2) is 4.98 Å². The number of rotatable bonds is 8. The van der Waals surface area contributed by atoms with Gasteiger partial charge in [-0.3, -0.25) is 14.4 Å². The van der Waals surface area contributed by atoms with Crippen molar-refractivity contribution in [2.24, 2.45) is 0 Å². The predicted molar refractivity (Wildman–Crippen MR) is 127 cm³/mol. The van der Waals surface area contributed by atoms with Crippen LogP contribution in [0.25, 0.3) is 11.0 Å². The van der Waals surface area contributed by atoms with Gasteiger partial charge in [-0.1, -0.05) is 43.7 Å². The smallest absolute Gasteiger partial charge is 0.306 e. The fourth-order valence-electron chi connectivity index (χ4n) is 4.26. The summed E-state index contributed by atoms with van der Waals surface area (Å²) < 4.78 is 7.16. The Hall–Kier alpha value is -3.48. The van der Waals surface area contributed by atoms with Crippen LogP contribution < -0.4 is 10.5 Å². The summed E-state index contributed by atoms with van der Waals surface area (Å²) in [6.07, 6.45) is 1.91. The van der Waals surface area contributed by atoms with Crippen molar-refractivity contribution >= 4 is 28.6 Å². The lowest BCUT2D eigenvalue weighted by Crippen LogP contribution is -2.39. The van der Waals surface area contributed by atoms with Crippen LogP contribution in [0.3, 0.4) is 0 Å². The van der Waals surface area contributed by atoms with Crippen LogP contribution in [-0.2, 0) is 33.7 Å². The molecule has 0 spiro atoms. The Balaban J connectivity index is 1.42. The van der Waals surface area contributed by atoms with E-state index in [9.17, 15) is 14.4 Å². The molecule has 1 aromatic heterocycles. The number of hydrogen-bond donors (Lipinski definition) is 0. The topological polar surface area (TPSA) is 81.5 Å². The van der Waals surface area contributed by atoms with Gasteiger partial charge in [0.1, 0.15) is 5.69 Å². The van der Waals surface area contributed by atoms with Gasteiger partial charge in [0.05, 0.1) is 17.5 Å². The van der Waals surface area contributed by atoms with Crippen LogP contribution >= 0.6 is 0 Å². The van der Waals surface area contributed by atoms with E-state index < -0.39 is 12.1 Å². The number of ether oxygens (including phenoxy) is 1. The first-order valence-electron chi connectivity index (χ1n) is 11.6. The molecule has 0 fully saturated rings. The van der Waals surface area contributed by atoms with Gasteiger partial charge in [-0.05, 0) is 43.5 Å². The number of carbonyl (C=O) groups is 2. The number of para-hydroxylation sites is 3. The lowest BCUT2D eigenvalue weighted by molar-refractivity contribution is -0.153. The highest BCUT2D eigenvalue weighted by atomic mass is 16.5. The van der Waals surface area contributed by atoms with Gasteiger partial charge in [-0.2, -0.15) is 0 Å². The first-order valence-corrected chi connectivity index (χ1v) is 11.6. The Kier molecular flexibility index (Phi) is 6.87. The second-order valence-electron chi connectivity index (χ2n) is 8.36. The van der Waals surface area contributed by atoms with E-state index in [0.717, 1.165) is 41.5 Å². The minimum absolute atomic E-state index is 0.0113. The van der Waals surface area contributed by atoms with Crippen LogP contribution in [0.2, 0.25) is 0 Å². The molecule has 3 aromatic rings. The van der Waals surface area contributed by atoms with E-state index in [1.807, 2.05) is 48.5 Å². The van der Waals surface area contributed by atoms with Crippen LogP contribution in [0.1, 0.15) is 44.4 Å². The Labute approximate surface area is 193 Å². The van der Waals surface area contributed by atoms with E-state index in [4.69, 9.17) is 4.74 Å². The Bertz CT molecular complexity index is 1230. The van der Waals surface area contributed by atoms with Crippen molar-refractivity contribution in [1.82, 2.24) is 9.55 Å². The minimum Gasteiger partial charge on any atom is -0.453 e. The molecule has 0 saturated carbocycles. The molecule has 1 aliphatic rings. The van der Waals surface area contributed by atoms with Gasteiger partial charge in [-0.15, -0.1) is 0 Å². The van der Waals surface area contributed by atoms with Crippen LogP contribution in [0.5, 0.6) is 0 Å². The number of nitrogens with zero attached hydrogens (tertiary/aromatic N) is 3. The largest absolute Gasteiger partial charge is 0.453 e. The van der Waals surface area contributed by atoms with Gasteiger partial charge >= 0.3 is 5.97 Å². The molecule has 33 heavy (non-hydrogen) atoms. The third-order valence-electron chi connectivity index (χ3n) is 6.03. The molecule has 0 N–H and O–H groups in total. The zero-order valence-corrected chi connectivity index (χ0v) is 19.1. The van der Waals surface area contributed by atoms with E-state index in [-0.39, 0.29) is 24.3 Å². The maximum atomic E-state index is 13.0. The van der Waals surface area contributed by atoms with E-state index in [2.05, 4.69) is 11.9 Å². The maximum absolute atomic E-state index is 13.0. The molecule has 0 saturated heterocycles. The standard InChI is InChI=1S/C26H29N3O4/c1-3-4-16-28-23-12-8-6-10-20(23)27-21(26(28)32)13-14-24(30)33-18(2)25(31)29-17-15-19-9-5-7-11-22(19)29/h5-12,18H,3-4,13-17H2,1-2H3/t18-/m1/s1. The second-order valence-corrected chi connectivity index (χ2v) is 8.36. The minimum atomic E-state index is -0.894. The van der Waals surface area contributed by atoms with E-state index in [0.29, 0.717) is 18.8 Å². The second kappa shape index (κ2) is 9.98. The Morgan fingerprint density at radius 1 is 1.12 bits per heavy atom. The highest BCUT2D eigenvalue weighted by molar-refractivity contribution is 5.99. The highest BCUT2D eigenvalue weighted by Crippen LogP contribution is 2.28. The molecule has 0 bridgehead atoms. The van der Waals surface area contributed by atoms with Crippen molar-refractivity contribution in [3.8, 4) is 0 Å². The number of carbonyl (C=O) groups excluding carboxylic acids is 2. The molecular formula is C26H29N3O4. The molecule has 7 heteroatoms. The summed E-state index contributed by atoms with van der Waals surface area (Å²) in [5, 5.41) is 0. The van der Waals surface area contributed by atoms with Gasteiger partial charge in [0.25, 0.3) is 11.5 Å². The van der Waals surface area contributed by atoms with Crippen molar-refractivity contribution in [2.75, 3.05) is 11.4 Å². The molecule has 0 radical (unpaired) electrons. The van der Waals surface area contributed by atoms with E-state index in [1.165, 1.54) is 0 Å².